The van der Waals surface area contributed by atoms with E-state index in [1.807, 2.05) is 0 Å². The third-order valence-electron chi connectivity index (χ3n) is 2.83. The zero-order valence-electron chi connectivity index (χ0n) is 11.3. The van der Waals surface area contributed by atoms with E-state index in [1.54, 1.807) is 0 Å². The third-order valence-corrected chi connectivity index (χ3v) is 4.97. The number of ether oxygens (including phenoxy) is 1. The van der Waals surface area contributed by atoms with Gasteiger partial charge in [0.2, 0.25) is 0 Å². The van der Waals surface area contributed by atoms with Crippen molar-refractivity contribution in [3.63, 3.8) is 0 Å². The van der Waals surface area contributed by atoms with Crippen LogP contribution in [0.3, 0.4) is 0 Å². The van der Waals surface area contributed by atoms with Crippen LogP contribution in [0.4, 0.5) is 0 Å². The molecule has 0 aliphatic carbocycles. The second-order valence-electron chi connectivity index (χ2n) is 4.36. The molecule has 0 amide bonds. The maximum Gasteiger partial charge on any atom is 0.0213 e. The number of hydrogen-bond acceptors (Lipinski definition) is 7. The van der Waals surface area contributed by atoms with Gasteiger partial charge in [-0.1, -0.05) is 0 Å². The maximum absolute atomic E-state index is 11.6. The number of aromatic nitrogens is 2. The Morgan fingerprint density at radius 2 is 2.10 bits per heavy atom. The van der Waals surface area contributed by atoms with Crippen LogP contribution in [0.2, 0.25) is 0 Å². The number of aliphatic hydroxyl groups excluding tert-OH is 3. The van der Waals surface area contributed by atoms with Crippen LogP contribution >= 0.6 is 0 Å². The molecule has 8 nitrogen and oxygen atoms in total. The van der Waals surface area contributed by atoms with Gasteiger partial charge in [0.05, 0.1) is 0 Å². The average molecular weight is 505 g/mol. The van der Waals surface area contributed by atoms with Gasteiger partial charge in [0, 0.05) is 6.61 Å². The molecule has 4 N–H and O–H groups in total. The largest absolute Gasteiger partial charge is 0.790 e. The van der Waals surface area contributed by atoms with E-state index in [-0.39, 0.29) is 51.3 Å². The van der Waals surface area contributed by atoms with Gasteiger partial charge in [-0.2, -0.15) is 5.75 Å². The summed E-state index contributed by atoms with van der Waals surface area (Å²) in [6, 6.07) is 0. The van der Waals surface area contributed by atoms with Crippen molar-refractivity contribution in [2.75, 3.05) is 19.0 Å². The zero-order chi connectivity index (χ0) is 16.0. The van der Waals surface area contributed by atoms with Crippen molar-refractivity contribution in [3.8, 4) is 0 Å². The number of nitrogens with one attached hydrogen (secondary N) is 1. The van der Waals surface area contributed by atoms with E-state index in [4.69, 9.17) is 14.9 Å². The van der Waals surface area contributed by atoms with Crippen molar-refractivity contribution < 1.29 is 46.2 Å². The molecule has 1 aliphatic rings. The van der Waals surface area contributed by atoms with Crippen molar-refractivity contribution in [1.82, 2.24) is 9.55 Å². The molecule has 3 atom stereocenters. The molecule has 114 valence electrons. The van der Waals surface area contributed by atoms with Gasteiger partial charge in [0.25, 0.3) is 0 Å². The van der Waals surface area contributed by atoms with Gasteiger partial charge in [-0.15, -0.1) is 0 Å². The number of aliphatic hydroxyl groups is 3. The summed E-state index contributed by atoms with van der Waals surface area (Å²) >= 11 is 4.39. The Kier molecular flexibility index (Phi) is 8.13. The first-order valence-electron chi connectivity index (χ1n) is 6.25. The van der Waals surface area contributed by atoms with Crippen LogP contribution in [0.15, 0.2) is 15.8 Å². The summed E-state index contributed by atoms with van der Waals surface area (Å²) < 4.78 is 7.19. The Balaban J connectivity index is 0.000000491. The Bertz CT molecular complexity index is 560. The molecule has 0 saturated carbocycles. The standard InChI is InChI=1S/C9H11N2O5.C2H6OS.Hg/c12-4-6-5(13)3-8(16-6)11-2-1-7(14)10-9(11)15;3-1-2-4;/h2,5-6,8,12-13H,3-4H2,(H,10,14,15);3-4H,1-2H2;/q;;+1/p-1/t5-,6+,8+;;/m0../s1. The molecule has 0 aromatic carbocycles. The van der Waals surface area contributed by atoms with E-state index in [2.05, 4.69) is 17.6 Å². The van der Waals surface area contributed by atoms with Gasteiger partial charge in [0.1, 0.15) is 0 Å². The molecule has 2 heterocycles. The molecule has 21 heavy (non-hydrogen) atoms. The fourth-order valence-corrected chi connectivity index (χ4v) is 2.90. The minimum Gasteiger partial charge on any atom is -0.790 e. The quantitative estimate of drug-likeness (QED) is 0.253. The van der Waals surface area contributed by atoms with Gasteiger partial charge in [-0.05, 0) is 0 Å². The van der Waals surface area contributed by atoms with Gasteiger partial charge >= 0.3 is 112 Å². The van der Waals surface area contributed by atoms with E-state index < -0.39 is 24.1 Å². The van der Waals surface area contributed by atoms with Crippen LogP contribution in [-0.4, -0.2) is 56.0 Å². The van der Waals surface area contributed by atoms with Crippen LogP contribution in [0, 0.1) is 0 Å². The van der Waals surface area contributed by atoms with Gasteiger partial charge in [0.15, 0.2) is 0 Å². The molecule has 1 fully saturated rings. The minimum atomic E-state index is -0.800. The molecule has 0 unspecified atom stereocenters. The van der Waals surface area contributed by atoms with Crippen molar-refractivity contribution in [2.24, 2.45) is 0 Å². The summed E-state index contributed by atoms with van der Waals surface area (Å²) in [5.41, 5.74) is -0.910. The summed E-state index contributed by atoms with van der Waals surface area (Å²) in [7, 11) is 0. The monoisotopic (exact) mass is 506 g/mol. The topological polar surface area (TPSA) is 125 Å². The molecule has 0 spiro atoms. The summed E-state index contributed by atoms with van der Waals surface area (Å²) in [6.45, 7) is -0.164. The van der Waals surface area contributed by atoms with E-state index >= 15 is 0 Å². The van der Waals surface area contributed by atoms with Crippen LogP contribution in [0.5, 0.6) is 0 Å². The molecular weight excluding hydrogens is 489 g/mol. The van der Waals surface area contributed by atoms with Crippen LogP contribution in [0.25, 0.3) is 0 Å². The smallest absolute Gasteiger partial charge is 0.0213 e. The molecule has 10 heteroatoms. The van der Waals surface area contributed by atoms with Gasteiger partial charge < -0.3 is 17.7 Å². The zero-order valence-corrected chi connectivity index (χ0v) is 17.6. The van der Waals surface area contributed by atoms with Crippen molar-refractivity contribution in [3.05, 3.63) is 27.0 Å². The Morgan fingerprint density at radius 3 is 2.57 bits per heavy atom. The number of aromatic amines is 1. The third kappa shape index (κ3) is 5.18. The Morgan fingerprint density at radius 1 is 1.48 bits per heavy atom. The molecule has 2 rings (SSSR count). The first kappa shape index (κ1) is 18.9. The van der Waals surface area contributed by atoms with E-state index in [0.717, 1.165) is 0 Å². The molecule has 1 aliphatic heterocycles. The number of hydrogen-bond donors (Lipinski definition) is 4. The molecule has 1 aromatic heterocycles. The summed E-state index contributed by atoms with van der Waals surface area (Å²) in [6.07, 6.45) is -0.410. The fraction of sp³-hybridized carbons (Fsp3) is 0.636. The Hall–Kier alpha value is -0.195. The molecular formula is C11H16HgN2O6S. The second kappa shape index (κ2) is 9.06. The predicted octanol–water partition coefficient (Wildman–Crippen LogP) is -3.12. The van der Waals surface area contributed by atoms with Gasteiger partial charge in [-0.3, -0.25) is 0 Å². The van der Waals surface area contributed by atoms with Crippen molar-refractivity contribution in [2.45, 2.75) is 24.9 Å². The van der Waals surface area contributed by atoms with Crippen LogP contribution in [0.1, 0.15) is 12.6 Å². The number of rotatable bonds is 3. The van der Waals surface area contributed by atoms with Crippen molar-refractivity contribution in [1.29, 1.82) is 0 Å². The van der Waals surface area contributed by atoms with E-state index in [0.29, 0.717) is 8.83 Å². The molecule has 1 aromatic rings. The maximum atomic E-state index is 11.6. The van der Waals surface area contributed by atoms with E-state index in [9.17, 15) is 14.7 Å². The summed E-state index contributed by atoms with van der Waals surface area (Å²) in [5.74, 6) is 0.458. The van der Waals surface area contributed by atoms with Crippen molar-refractivity contribution >= 4 is 15.7 Å². The predicted molar refractivity (Wildman–Crippen MR) is 71.9 cm³/mol. The molecule has 0 radical (unpaired) electrons. The normalized spacial score (nSPS) is 24.6. The SMILES string of the molecule is O=c1[nH]c(=O)n([C@H]2C[C@H](O)[C@@H](CO)O2)c[c]1[Hg+].OCC[S-]. The first-order valence-corrected chi connectivity index (χ1v) is 9.58. The summed E-state index contributed by atoms with van der Waals surface area (Å²) in [4.78, 5) is 25.0. The summed E-state index contributed by atoms with van der Waals surface area (Å²) in [5, 5.41) is 26.3. The first-order chi connectivity index (χ1) is 9.94. The minimum absolute atomic E-state index is 0.0895. The van der Waals surface area contributed by atoms with Crippen LogP contribution in [-0.2, 0) is 43.5 Å². The van der Waals surface area contributed by atoms with Crippen LogP contribution < -0.4 is 14.3 Å². The number of H-pyrrole nitrogens is 1. The molecule has 1 saturated heterocycles. The molecule has 0 bridgehead atoms. The van der Waals surface area contributed by atoms with E-state index in [1.165, 1.54) is 10.8 Å². The fourth-order valence-electron chi connectivity index (χ4n) is 1.79. The second-order valence-corrected chi connectivity index (χ2v) is 7.73. The Labute approximate surface area is 142 Å². The van der Waals surface area contributed by atoms with Gasteiger partial charge in [-0.25, -0.2) is 0 Å². The average Bonchev–Trinajstić information content (AvgIpc) is 2.84. The number of nitrogens with zero attached hydrogens (tertiary/aromatic N) is 1.